The van der Waals surface area contributed by atoms with Gasteiger partial charge < -0.3 is 21.5 Å². The molecule has 0 aliphatic heterocycles. The molecule has 0 fully saturated rings. The molecule has 6 N–H and O–H groups in total. The Labute approximate surface area is 207 Å². The van der Waals surface area contributed by atoms with Gasteiger partial charge in [-0.2, -0.15) is 0 Å². The number of benzene rings is 2. The Morgan fingerprint density at radius 3 is 2.58 bits per heavy atom. The Kier molecular flexibility index (Phi) is 6.38. The molecule has 180 valence electrons. The molecule has 1 amide bonds. The van der Waals surface area contributed by atoms with E-state index in [9.17, 15) is 9.90 Å². The molecule has 2 unspecified atom stereocenters. The highest BCUT2D eigenvalue weighted by Gasteiger charge is 2.21. The number of fused-ring (bicyclic) bond motifs is 1. The van der Waals surface area contributed by atoms with Gasteiger partial charge >= 0.3 is 0 Å². The van der Waals surface area contributed by atoms with Crippen molar-refractivity contribution in [3.8, 4) is 0 Å². The lowest BCUT2D eigenvalue weighted by atomic mass is 10.0. The van der Waals surface area contributed by atoms with Crippen molar-refractivity contribution in [3.05, 3.63) is 102 Å². The molecule has 9 nitrogen and oxygen atoms in total. The maximum absolute atomic E-state index is 12.6. The first-order chi connectivity index (χ1) is 17.5. The van der Waals surface area contributed by atoms with Gasteiger partial charge in [0.2, 0.25) is 0 Å². The zero-order valence-corrected chi connectivity index (χ0v) is 19.3. The second-order valence-electron chi connectivity index (χ2n) is 8.59. The number of nitrogens with two attached hydrogens (primary N) is 1. The van der Waals surface area contributed by atoms with E-state index in [0.717, 1.165) is 16.3 Å². The topological polar surface area (TPSA) is 150 Å². The zero-order chi connectivity index (χ0) is 25.1. The number of carbonyl (C=O) groups excluding carboxylic acids is 1. The van der Waals surface area contributed by atoms with Crippen LogP contribution in [0.15, 0.2) is 79.3 Å². The number of aliphatic hydroxyl groups is 1. The number of aliphatic hydroxyl groups excluding tert-OH is 1. The van der Waals surface area contributed by atoms with E-state index in [2.05, 4.69) is 25.6 Å². The number of rotatable bonds is 7. The van der Waals surface area contributed by atoms with E-state index in [0.29, 0.717) is 35.6 Å². The molecule has 2 heterocycles. The summed E-state index contributed by atoms with van der Waals surface area (Å²) in [6.07, 6.45) is 6.64. The number of hydrogen-bond donors (Lipinski definition) is 5. The third-order valence-corrected chi connectivity index (χ3v) is 6.07. The molecule has 4 aromatic rings. The molecule has 2 aromatic carbocycles. The van der Waals surface area contributed by atoms with Crippen LogP contribution in [0.5, 0.6) is 0 Å². The van der Waals surface area contributed by atoms with Crippen LogP contribution in [0.2, 0.25) is 0 Å². The summed E-state index contributed by atoms with van der Waals surface area (Å²) in [7, 11) is 0. The highest BCUT2D eigenvalue weighted by Crippen LogP contribution is 2.24. The van der Waals surface area contributed by atoms with Crippen LogP contribution in [0.3, 0.4) is 0 Å². The Bertz CT molecular complexity index is 1470. The van der Waals surface area contributed by atoms with Gasteiger partial charge in [-0.15, -0.1) is 0 Å². The Hall–Kier alpha value is -4.63. The van der Waals surface area contributed by atoms with Gasteiger partial charge in [0, 0.05) is 36.2 Å². The fourth-order valence-electron chi connectivity index (χ4n) is 4.13. The van der Waals surface area contributed by atoms with Gasteiger partial charge in [0.1, 0.15) is 23.7 Å². The van der Waals surface area contributed by atoms with Crippen LogP contribution >= 0.6 is 0 Å². The van der Waals surface area contributed by atoms with Crippen molar-refractivity contribution in [2.45, 2.75) is 25.1 Å². The molecule has 0 bridgehead atoms. The van der Waals surface area contributed by atoms with Crippen LogP contribution in [-0.4, -0.2) is 43.8 Å². The lowest BCUT2D eigenvalue weighted by molar-refractivity contribution is 0.0946. The summed E-state index contributed by atoms with van der Waals surface area (Å²) >= 11 is 0. The second kappa shape index (κ2) is 9.93. The van der Waals surface area contributed by atoms with Gasteiger partial charge in [-0.1, -0.05) is 60.7 Å². The normalized spacial score (nSPS) is 16.7. The van der Waals surface area contributed by atoms with Crippen LogP contribution in [0.25, 0.3) is 10.8 Å². The maximum Gasteiger partial charge on any atom is 0.270 e. The van der Waals surface area contributed by atoms with E-state index in [-0.39, 0.29) is 23.5 Å². The van der Waals surface area contributed by atoms with E-state index in [1.165, 1.54) is 6.33 Å². The molecule has 0 saturated heterocycles. The Balaban J connectivity index is 1.26. The highest BCUT2D eigenvalue weighted by atomic mass is 16.3. The Morgan fingerprint density at radius 2 is 1.83 bits per heavy atom. The fraction of sp³-hybridized carbons (Fsp3) is 0.148. The van der Waals surface area contributed by atoms with Crippen molar-refractivity contribution >= 4 is 34.0 Å². The quantitative estimate of drug-likeness (QED) is 0.202. The molecule has 5 rings (SSSR count). The molecule has 1 aliphatic carbocycles. The van der Waals surface area contributed by atoms with E-state index >= 15 is 0 Å². The van der Waals surface area contributed by atoms with E-state index < -0.39 is 6.10 Å². The monoisotopic (exact) mass is 479 g/mol. The van der Waals surface area contributed by atoms with Crippen LogP contribution in [0.1, 0.15) is 33.6 Å². The summed E-state index contributed by atoms with van der Waals surface area (Å²) in [5.74, 6) is 0.378. The smallest absolute Gasteiger partial charge is 0.270 e. The van der Waals surface area contributed by atoms with E-state index in [1.807, 2.05) is 42.5 Å². The third kappa shape index (κ3) is 4.91. The first-order valence-corrected chi connectivity index (χ1v) is 11.5. The minimum atomic E-state index is -0.505. The number of amides is 1. The molecular weight excluding hydrogens is 454 g/mol. The van der Waals surface area contributed by atoms with Crippen LogP contribution in [0, 0.1) is 5.41 Å². The lowest BCUT2D eigenvalue weighted by Crippen LogP contribution is -2.23. The summed E-state index contributed by atoms with van der Waals surface area (Å²) in [4.78, 5) is 25.2. The summed E-state index contributed by atoms with van der Waals surface area (Å²) in [6, 6.07) is 16.7. The van der Waals surface area contributed by atoms with Gasteiger partial charge in [-0.3, -0.25) is 15.2 Å². The fourth-order valence-corrected chi connectivity index (χ4v) is 4.13. The molecule has 0 spiro atoms. The first kappa shape index (κ1) is 23.1. The molecule has 2 atom stereocenters. The van der Waals surface area contributed by atoms with Crippen molar-refractivity contribution in [2.24, 2.45) is 0 Å². The van der Waals surface area contributed by atoms with Gasteiger partial charge in [-0.05, 0) is 17.0 Å². The average Bonchev–Trinajstić information content (AvgIpc) is 3.31. The largest absolute Gasteiger partial charge is 0.389 e. The van der Waals surface area contributed by atoms with Gasteiger partial charge in [0.05, 0.1) is 17.4 Å². The number of hydrogen-bond acceptors (Lipinski definition) is 8. The molecule has 0 saturated carbocycles. The Morgan fingerprint density at radius 1 is 1.06 bits per heavy atom. The number of aromatic nitrogens is 3. The summed E-state index contributed by atoms with van der Waals surface area (Å²) in [5.41, 5.74) is 8.55. The third-order valence-electron chi connectivity index (χ3n) is 6.07. The van der Waals surface area contributed by atoms with E-state index in [4.69, 9.17) is 11.1 Å². The van der Waals surface area contributed by atoms with Crippen molar-refractivity contribution < 1.29 is 9.90 Å². The molecule has 1 aliphatic rings. The SMILES string of the molecule is N=C(c1ccc(CNC(=O)c2cc3ccccc3cn2)cc1)c1c(N)ncnc1NC1C=CC(O)C1. The maximum atomic E-state index is 12.6. The molecule has 2 aromatic heterocycles. The lowest BCUT2D eigenvalue weighted by Gasteiger charge is -2.17. The van der Waals surface area contributed by atoms with Crippen LogP contribution in [-0.2, 0) is 6.54 Å². The summed E-state index contributed by atoms with van der Waals surface area (Å²) in [6.45, 7) is 0.320. The minimum Gasteiger partial charge on any atom is -0.389 e. The first-order valence-electron chi connectivity index (χ1n) is 11.5. The number of nitrogens with one attached hydrogen (secondary N) is 3. The average molecular weight is 480 g/mol. The number of pyridine rings is 1. The van der Waals surface area contributed by atoms with E-state index in [1.54, 1.807) is 30.5 Å². The molecular formula is C27H25N7O2. The molecule has 36 heavy (non-hydrogen) atoms. The standard InChI is InChI=1S/C27H25N7O2/c28-24(23-25(29)32-15-33-26(23)34-20-9-10-21(35)12-20)17-7-5-16(6-8-17)13-31-27(36)22-11-18-3-1-2-4-19(18)14-30-22/h1-11,14-15,20-21,28,35H,12-13H2,(H,31,36)(H3,29,32,33,34). The van der Waals surface area contributed by atoms with Crippen molar-refractivity contribution in [2.75, 3.05) is 11.1 Å². The number of anilines is 2. The highest BCUT2D eigenvalue weighted by molar-refractivity contribution is 6.16. The summed E-state index contributed by atoms with van der Waals surface area (Å²) in [5, 5.41) is 26.5. The van der Waals surface area contributed by atoms with Gasteiger partial charge in [0.25, 0.3) is 5.91 Å². The number of nitrogens with zero attached hydrogens (tertiary/aromatic N) is 3. The van der Waals surface area contributed by atoms with Crippen LogP contribution in [0.4, 0.5) is 11.6 Å². The number of nitrogen functional groups attached to an aromatic ring is 1. The zero-order valence-electron chi connectivity index (χ0n) is 19.3. The van der Waals surface area contributed by atoms with Crippen LogP contribution < -0.4 is 16.4 Å². The van der Waals surface area contributed by atoms with Crippen molar-refractivity contribution in [1.29, 1.82) is 5.41 Å². The molecule has 0 radical (unpaired) electrons. The van der Waals surface area contributed by atoms with Crippen molar-refractivity contribution in [3.63, 3.8) is 0 Å². The number of carbonyl (C=O) groups is 1. The summed E-state index contributed by atoms with van der Waals surface area (Å²) < 4.78 is 0. The van der Waals surface area contributed by atoms with Crippen molar-refractivity contribution in [1.82, 2.24) is 20.3 Å². The second-order valence-corrected chi connectivity index (χ2v) is 8.59. The predicted molar refractivity (Wildman–Crippen MR) is 139 cm³/mol. The van der Waals surface area contributed by atoms with Gasteiger partial charge in [0.15, 0.2) is 0 Å². The predicted octanol–water partition coefficient (Wildman–Crippen LogP) is 3.05. The molecule has 9 heteroatoms. The van der Waals surface area contributed by atoms with Gasteiger partial charge in [-0.25, -0.2) is 9.97 Å². The minimum absolute atomic E-state index is 0.107.